The van der Waals surface area contributed by atoms with Crippen molar-refractivity contribution in [3.63, 3.8) is 0 Å². The molecular formula is C49H65N3O8. The monoisotopic (exact) mass is 823 g/mol. The molecule has 1 saturated carbocycles. The van der Waals surface area contributed by atoms with Crippen LogP contribution >= 0.6 is 0 Å². The van der Waals surface area contributed by atoms with E-state index in [1.54, 1.807) is 11.0 Å². The second-order valence-corrected chi connectivity index (χ2v) is 17.6. The van der Waals surface area contributed by atoms with E-state index in [2.05, 4.69) is 47.9 Å². The number of hydrogen-bond acceptors (Lipinski definition) is 10. The van der Waals surface area contributed by atoms with Gasteiger partial charge in [-0.1, -0.05) is 72.6 Å². The Hall–Kier alpha value is -4.42. The minimum atomic E-state index is -1.40. The molecule has 11 nitrogen and oxygen atoms in total. The molecule has 6 atom stereocenters. The summed E-state index contributed by atoms with van der Waals surface area (Å²) in [6.45, 7) is 16.3. The fourth-order valence-electron chi connectivity index (χ4n) is 9.64. The summed E-state index contributed by atoms with van der Waals surface area (Å²) in [5.74, 6) is -0.303. The molecule has 3 aromatic rings. The van der Waals surface area contributed by atoms with Crippen molar-refractivity contribution >= 4 is 22.6 Å². The number of aliphatic hydroxyl groups is 2. The first-order chi connectivity index (χ1) is 29.1. The number of hydrogen-bond donors (Lipinski definition) is 2. The molecule has 0 bridgehead atoms. The van der Waals surface area contributed by atoms with Crippen LogP contribution in [0.15, 0.2) is 90.1 Å². The lowest BCUT2D eigenvalue weighted by atomic mass is 9.55. The summed E-state index contributed by atoms with van der Waals surface area (Å²) in [4.78, 5) is 25.1. The molecule has 2 N–H and O–H groups in total. The van der Waals surface area contributed by atoms with Gasteiger partial charge in [-0.25, -0.2) is 4.79 Å². The molecule has 0 unspecified atom stereocenters. The topological polar surface area (TPSA) is 122 Å². The largest absolute Gasteiger partial charge is 0.492 e. The van der Waals surface area contributed by atoms with Gasteiger partial charge in [-0.3, -0.25) is 9.80 Å². The lowest BCUT2D eigenvalue weighted by Crippen LogP contribution is -2.70. The third-order valence-electron chi connectivity index (χ3n) is 12.4. The number of unbranched alkanes of at least 4 members (excludes halogenated alkanes) is 2. The first-order valence-corrected chi connectivity index (χ1v) is 22.1. The number of carbonyl (C=O) groups excluding carboxylic acids is 1. The lowest BCUT2D eigenvalue weighted by molar-refractivity contribution is -0.256. The van der Waals surface area contributed by atoms with Gasteiger partial charge in [0, 0.05) is 50.8 Å². The van der Waals surface area contributed by atoms with Crippen LogP contribution in [0.5, 0.6) is 11.5 Å². The number of benzene rings is 3. The molecule has 2 fully saturated rings. The standard InChI is InChI=1S/C49H65N3O8/c1-6-28-58-49-44(52(47(55)56-7-2)33-36-18-14-17-34-15-8-9-19-38(34)36)32-42(50-60-48(3,4)5)40-30-35(16-10-12-26-53)39(20-11-13-27-54)45(46(40)49)41-31-37(21-22-43(41)59-49)57-29-25-51-23-24-51/h6,8-9,14-15,17-19,21-22,30-31,35,39,44-46,53-54H,1,7,10-13,16,20,23-29,32-33H2,2-5H3/t35-,39+,44-,45+,46+,49+/m0/s1. The van der Waals surface area contributed by atoms with E-state index in [4.69, 9.17) is 28.9 Å². The van der Waals surface area contributed by atoms with Gasteiger partial charge in [0.2, 0.25) is 5.79 Å². The van der Waals surface area contributed by atoms with Gasteiger partial charge in [-0.05, 0) is 105 Å². The van der Waals surface area contributed by atoms with E-state index in [0.717, 1.165) is 84.3 Å². The maximum absolute atomic E-state index is 14.6. The molecule has 0 aromatic heterocycles. The van der Waals surface area contributed by atoms with Crippen molar-refractivity contribution < 1.29 is 38.8 Å². The Morgan fingerprint density at radius 3 is 2.53 bits per heavy atom. The van der Waals surface area contributed by atoms with E-state index in [-0.39, 0.29) is 57.1 Å². The minimum Gasteiger partial charge on any atom is -0.492 e. The van der Waals surface area contributed by atoms with Gasteiger partial charge in [-0.2, -0.15) is 0 Å². The number of oxime groups is 1. The van der Waals surface area contributed by atoms with Crippen LogP contribution in [0, 0.1) is 17.8 Å². The van der Waals surface area contributed by atoms with Crippen molar-refractivity contribution in [2.24, 2.45) is 22.9 Å². The molecule has 324 valence electrons. The lowest BCUT2D eigenvalue weighted by Gasteiger charge is -2.60. The van der Waals surface area contributed by atoms with Crippen molar-refractivity contribution in [2.45, 2.75) is 103 Å². The van der Waals surface area contributed by atoms with Crippen molar-refractivity contribution in [2.75, 3.05) is 52.7 Å². The molecule has 7 rings (SSSR count). The number of carbonyl (C=O) groups is 1. The quantitative estimate of drug-likeness (QED) is 0.0499. The third kappa shape index (κ3) is 9.70. The zero-order valence-electron chi connectivity index (χ0n) is 36.0. The highest BCUT2D eigenvalue weighted by Crippen LogP contribution is 2.62. The van der Waals surface area contributed by atoms with Gasteiger partial charge in [0.15, 0.2) is 0 Å². The number of allylic oxidation sites excluding steroid dienone is 1. The van der Waals surface area contributed by atoms with Crippen LogP contribution in [0.1, 0.15) is 89.7 Å². The Labute approximate surface area is 355 Å². The second kappa shape index (κ2) is 19.5. The van der Waals surface area contributed by atoms with Gasteiger partial charge in [-0.15, -0.1) is 6.58 Å². The van der Waals surface area contributed by atoms with Crippen LogP contribution in [0.25, 0.3) is 10.8 Å². The zero-order valence-corrected chi connectivity index (χ0v) is 36.0. The molecule has 4 aliphatic rings. The van der Waals surface area contributed by atoms with Crippen LogP contribution in [-0.2, 0) is 20.9 Å². The smallest absolute Gasteiger partial charge is 0.410 e. The fraction of sp³-hybridized carbons (Fsp3) is 0.551. The van der Waals surface area contributed by atoms with E-state index in [9.17, 15) is 15.0 Å². The Balaban J connectivity index is 1.45. The van der Waals surface area contributed by atoms with Gasteiger partial charge in [0.25, 0.3) is 0 Å². The van der Waals surface area contributed by atoms with Crippen LogP contribution in [0.4, 0.5) is 4.79 Å². The highest BCUT2D eigenvalue weighted by molar-refractivity contribution is 6.03. The van der Waals surface area contributed by atoms with Crippen LogP contribution in [-0.4, -0.2) is 102 Å². The minimum absolute atomic E-state index is 0.101. The summed E-state index contributed by atoms with van der Waals surface area (Å²) in [6, 6.07) is 19.8. The van der Waals surface area contributed by atoms with Gasteiger partial charge in [0.1, 0.15) is 29.7 Å². The highest BCUT2D eigenvalue weighted by atomic mass is 16.7. The van der Waals surface area contributed by atoms with E-state index < -0.39 is 29.4 Å². The van der Waals surface area contributed by atoms with Crippen molar-refractivity contribution in [3.8, 4) is 11.5 Å². The Morgan fingerprint density at radius 2 is 1.80 bits per heavy atom. The maximum atomic E-state index is 14.6. The third-order valence-corrected chi connectivity index (χ3v) is 12.4. The molecule has 2 aliphatic heterocycles. The molecule has 2 heterocycles. The van der Waals surface area contributed by atoms with E-state index in [1.807, 2.05) is 58.0 Å². The summed E-state index contributed by atoms with van der Waals surface area (Å²) in [5, 5.41) is 27.0. The Morgan fingerprint density at radius 1 is 1.03 bits per heavy atom. The van der Waals surface area contributed by atoms with Crippen molar-refractivity contribution in [3.05, 3.63) is 96.1 Å². The molecular weight excluding hydrogens is 759 g/mol. The molecule has 0 spiro atoms. The molecule has 2 aliphatic carbocycles. The average Bonchev–Trinajstić information content (AvgIpc) is 4.07. The SMILES string of the molecule is C=CCO[C@@]12Oc3ccc(OCCN4CC4)cc3[C@H]3[C@H](CCCCO)[C@@H](CCCCO)C=C(C(=NOC(C)(C)C)C[C@@H]1N(Cc1cccc4ccccc14)C(=O)OCC)[C@H]32. The predicted octanol–water partition coefficient (Wildman–Crippen LogP) is 8.63. The summed E-state index contributed by atoms with van der Waals surface area (Å²) < 4.78 is 26.9. The molecule has 1 amide bonds. The number of ether oxygens (including phenoxy) is 4. The van der Waals surface area contributed by atoms with E-state index in [1.165, 1.54) is 0 Å². The number of aliphatic hydroxyl groups excluding tert-OH is 2. The number of fused-ring (bicyclic) bond motifs is 3. The Bertz CT molecular complexity index is 2000. The average molecular weight is 824 g/mol. The number of rotatable bonds is 20. The van der Waals surface area contributed by atoms with Crippen LogP contribution < -0.4 is 9.47 Å². The maximum Gasteiger partial charge on any atom is 0.410 e. The first-order valence-electron chi connectivity index (χ1n) is 22.1. The van der Waals surface area contributed by atoms with Gasteiger partial charge in [0.05, 0.1) is 31.4 Å². The van der Waals surface area contributed by atoms with E-state index >= 15 is 0 Å². The predicted molar refractivity (Wildman–Crippen MR) is 234 cm³/mol. The highest BCUT2D eigenvalue weighted by Gasteiger charge is 2.65. The van der Waals surface area contributed by atoms with E-state index in [0.29, 0.717) is 25.2 Å². The molecule has 1 saturated heterocycles. The van der Waals surface area contributed by atoms with Gasteiger partial charge >= 0.3 is 6.09 Å². The van der Waals surface area contributed by atoms with Crippen molar-refractivity contribution in [1.82, 2.24) is 9.80 Å². The molecule has 0 radical (unpaired) electrons. The first kappa shape index (κ1) is 43.7. The summed E-state index contributed by atoms with van der Waals surface area (Å²) in [7, 11) is 0. The number of amides is 1. The van der Waals surface area contributed by atoms with Crippen LogP contribution in [0.3, 0.4) is 0 Å². The summed E-state index contributed by atoms with van der Waals surface area (Å²) in [6.07, 6.45) is 8.70. The number of nitrogens with zero attached hydrogens (tertiary/aromatic N) is 3. The van der Waals surface area contributed by atoms with Crippen molar-refractivity contribution in [1.29, 1.82) is 0 Å². The fourth-order valence-corrected chi connectivity index (χ4v) is 9.64. The summed E-state index contributed by atoms with van der Waals surface area (Å²) >= 11 is 0. The van der Waals surface area contributed by atoms with Crippen LogP contribution in [0.2, 0.25) is 0 Å². The van der Waals surface area contributed by atoms with Gasteiger partial charge < -0.3 is 34.0 Å². The normalized spacial score (nSPS) is 25.1. The molecule has 11 heteroatoms. The molecule has 60 heavy (non-hydrogen) atoms. The Kier molecular flexibility index (Phi) is 14.2. The second-order valence-electron chi connectivity index (χ2n) is 17.6. The summed E-state index contributed by atoms with van der Waals surface area (Å²) in [5.41, 5.74) is 3.15. The molecule has 3 aromatic carbocycles. The zero-order chi connectivity index (χ0) is 42.3.